The molecule has 33 heavy (non-hydrogen) atoms. The van der Waals surface area contributed by atoms with Gasteiger partial charge in [0, 0.05) is 24.6 Å². The number of nitrogens with zero attached hydrogens (tertiary/aromatic N) is 3. The van der Waals surface area contributed by atoms with E-state index in [4.69, 9.17) is 4.52 Å². The van der Waals surface area contributed by atoms with Crippen LogP contribution in [0.2, 0.25) is 0 Å². The third kappa shape index (κ3) is 4.21. The van der Waals surface area contributed by atoms with Crippen LogP contribution in [-0.4, -0.2) is 33.0 Å². The third-order valence-electron chi connectivity index (χ3n) is 7.53. The summed E-state index contributed by atoms with van der Waals surface area (Å²) in [5, 5.41) is 14.9. The first-order valence-electron chi connectivity index (χ1n) is 12.2. The lowest BCUT2D eigenvalue weighted by Crippen LogP contribution is -2.43. The van der Waals surface area contributed by atoms with Crippen molar-refractivity contribution >= 4 is 17.4 Å². The predicted octanol–water partition coefficient (Wildman–Crippen LogP) is 5.30. The second-order valence-electron chi connectivity index (χ2n) is 9.74. The van der Waals surface area contributed by atoms with E-state index in [-0.39, 0.29) is 17.5 Å². The molecule has 2 heterocycles. The second-order valence-corrected chi connectivity index (χ2v) is 9.74. The Hall–Kier alpha value is -2.96. The van der Waals surface area contributed by atoms with Crippen molar-refractivity contribution in [1.29, 1.82) is 0 Å². The number of rotatable bonds is 6. The van der Waals surface area contributed by atoms with Gasteiger partial charge >= 0.3 is 0 Å². The third-order valence-corrected chi connectivity index (χ3v) is 7.53. The Labute approximate surface area is 193 Å². The minimum absolute atomic E-state index is 0.0512. The molecule has 2 saturated carbocycles. The zero-order chi connectivity index (χ0) is 22.9. The van der Waals surface area contributed by atoms with E-state index < -0.39 is 11.9 Å². The Morgan fingerprint density at radius 1 is 1.06 bits per heavy atom. The number of hydrogen-bond donors (Lipinski definition) is 1. The van der Waals surface area contributed by atoms with Gasteiger partial charge in [0.25, 0.3) is 5.91 Å². The molecule has 0 spiro atoms. The van der Waals surface area contributed by atoms with Crippen LogP contribution in [-0.2, 0) is 9.59 Å². The molecule has 1 amide bonds. The Morgan fingerprint density at radius 2 is 1.73 bits per heavy atom. The summed E-state index contributed by atoms with van der Waals surface area (Å²) in [6.45, 7) is 1.74. The number of Topliss-reactive ketones (excluding diaryl/α,β-unsaturated/α-hetero) is 1. The van der Waals surface area contributed by atoms with Gasteiger partial charge in [-0.2, -0.15) is 4.98 Å². The topological polar surface area (TPSA) is 96.5 Å². The zero-order valence-corrected chi connectivity index (χ0v) is 19.1. The van der Waals surface area contributed by atoms with Gasteiger partial charge in [0.05, 0.1) is 11.6 Å². The van der Waals surface area contributed by atoms with E-state index in [9.17, 15) is 14.7 Å². The average Bonchev–Trinajstić information content (AvgIpc) is 3.56. The number of carbonyl (C=O) groups excluding carboxylic acids is 2. The Morgan fingerprint density at radius 3 is 2.36 bits per heavy atom. The van der Waals surface area contributed by atoms with Crippen LogP contribution in [0.5, 0.6) is 0 Å². The van der Waals surface area contributed by atoms with Crippen molar-refractivity contribution in [1.82, 2.24) is 10.1 Å². The van der Waals surface area contributed by atoms with Crippen molar-refractivity contribution < 1.29 is 19.2 Å². The maximum atomic E-state index is 13.4. The summed E-state index contributed by atoms with van der Waals surface area (Å²) in [6, 6.07) is 6.98. The van der Waals surface area contributed by atoms with Gasteiger partial charge in [-0.3, -0.25) is 14.5 Å². The number of ketones is 1. The molecule has 1 N–H and O–H groups in total. The van der Waals surface area contributed by atoms with E-state index >= 15 is 0 Å². The molecular formula is C26H31N3O4. The van der Waals surface area contributed by atoms with E-state index in [2.05, 4.69) is 10.1 Å². The average molecular weight is 450 g/mol. The summed E-state index contributed by atoms with van der Waals surface area (Å²) in [6.07, 6.45) is 10.1. The summed E-state index contributed by atoms with van der Waals surface area (Å²) in [4.78, 5) is 32.6. The lowest BCUT2D eigenvalue weighted by Gasteiger charge is -2.35. The Kier molecular flexibility index (Phi) is 6.04. The van der Waals surface area contributed by atoms with Crippen LogP contribution in [0, 0.1) is 18.8 Å². The molecule has 3 aliphatic rings. The second kappa shape index (κ2) is 9.12. The number of aliphatic hydroxyl groups is 1. The molecule has 7 heteroatoms. The number of carbonyl (C=O) groups is 2. The maximum absolute atomic E-state index is 13.4. The van der Waals surface area contributed by atoms with Crippen LogP contribution in [0.25, 0.3) is 11.4 Å². The monoisotopic (exact) mass is 449 g/mol. The van der Waals surface area contributed by atoms with Gasteiger partial charge in [-0.05, 0) is 48.9 Å². The minimum Gasteiger partial charge on any atom is -0.503 e. The summed E-state index contributed by atoms with van der Waals surface area (Å²) in [7, 11) is 0. The molecule has 5 rings (SSSR count). The van der Waals surface area contributed by atoms with Crippen molar-refractivity contribution in [2.24, 2.45) is 11.8 Å². The summed E-state index contributed by atoms with van der Waals surface area (Å²) in [5.41, 5.74) is 1.80. The molecule has 1 aliphatic heterocycles. The van der Waals surface area contributed by atoms with Crippen molar-refractivity contribution in [2.45, 2.75) is 77.2 Å². The van der Waals surface area contributed by atoms with Crippen LogP contribution in [0.1, 0.15) is 70.1 Å². The smallest absolute Gasteiger partial charge is 0.294 e. The van der Waals surface area contributed by atoms with Gasteiger partial charge in [-0.15, -0.1) is 0 Å². The molecule has 0 bridgehead atoms. The molecule has 1 aromatic carbocycles. The Balaban J connectivity index is 1.46. The largest absolute Gasteiger partial charge is 0.503 e. The van der Waals surface area contributed by atoms with Crippen LogP contribution < -0.4 is 4.90 Å². The standard InChI is InChI=1S/C26H31N3O4/c1-16-27-25(28-33-16)19-11-13-20(14-12-19)29-23(18-9-3-2-4-10-18)22(24(31)26(29)32)21(30)15-17-7-5-6-8-17/h11-14,17-18,23,31H,2-10,15H2,1H3. The first-order valence-corrected chi connectivity index (χ1v) is 12.2. The first-order chi connectivity index (χ1) is 16.0. The van der Waals surface area contributed by atoms with E-state index in [0.717, 1.165) is 56.9 Å². The minimum atomic E-state index is -0.469. The number of aliphatic hydroxyl groups excluding tert-OH is 1. The van der Waals surface area contributed by atoms with Crippen LogP contribution >= 0.6 is 0 Å². The van der Waals surface area contributed by atoms with Gasteiger partial charge in [-0.1, -0.05) is 50.1 Å². The molecule has 0 radical (unpaired) electrons. The van der Waals surface area contributed by atoms with E-state index in [1.807, 2.05) is 24.3 Å². The molecule has 1 atom stereocenters. The number of anilines is 1. The number of benzene rings is 1. The van der Waals surface area contributed by atoms with E-state index in [1.54, 1.807) is 11.8 Å². The molecule has 1 unspecified atom stereocenters. The normalized spacial score (nSPS) is 22.5. The maximum Gasteiger partial charge on any atom is 0.294 e. The highest BCUT2D eigenvalue weighted by Gasteiger charge is 2.47. The fourth-order valence-corrected chi connectivity index (χ4v) is 5.87. The number of aromatic nitrogens is 2. The summed E-state index contributed by atoms with van der Waals surface area (Å²) in [5.74, 6) is 0.644. The quantitative estimate of drug-likeness (QED) is 0.643. The highest BCUT2D eigenvalue weighted by molar-refractivity contribution is 6.16. The van der Waals surface area contributed by atoms with Gasteiger partial charge in [0.15, 0.2) is 11.5 Å². The van der Waals surface area contributed by atoms with E-state index in [1.165, 1.54) is 6.42 Å². The molecule has 2 aromatic rings. The molecule has 0 saturated heterocycles. The van der Waals surface area contributed by atoms with Gasteiger partial charge in [0.2, 0.25) is 11.7 Å². The lowest BCUT2D eigenvalue weighted by atomic mass is 9.79. The van der Waals surface area contributed by atoms with Crippen molar-refractivity contribution in [3.8, 4) is 11.4 Å². The van der Waals surface area contributed by atoms with E-state index in [0.29, 0.717) is 35.3 Å². The van der Waals surface area contributed by atoms with Crippen molar-refractivity contribution in [3.05, 3.63) is 41.5 Å². The molecule has 1 aromatic heterocycles. The molecule has 2 fully saturated rings. The fourth-order valence-electron chi connectivity index (χ4n) is 5.87. The van der Waals surface area contributed by atoms with Crippen molar-refractivity contribution in [3.63, 3.8) is 0 Å². The summed E-state index contributed by atoms with van der Waals surface area (Å²) < 4.78 is 5.07. The highest BCUT2D eigenvalue weighted by atomic mass is 16.5. The summed E-state index contributed by atoms with van der Waals surface area (Å²) >= 11 is 0. The molecular weight excluding hydrogens is 418 g/mol. The SMILES string of the molecule is Cc1nc(-c2ccc(N3C(=O)C(O)=C(C(=O)CC4CCCC4)C3C3CCCCC3)cc2)no1. The van der Waals surface area contributed by atoms with Crippen LogP contribution in [0.4, 0.5) is 5.69 Å². The van der Waals surface area contributed by atoms with Gasteiger partial charge in [0.1, 0.15) is 0 Å². The highest BCUT2D eigenvalue weighted by Crippen LogP contribution is 2.42. The zero-order valence-electron chi connectivity index (χ0n) is 19.1. The lowest BCUT2D eigenvalue weighted by molar-refractivity contribution is -0.118. The van der Waals surface area contributed by atoms with Gasteiger partial charge in [-0.25, -0.2) is 0 Å². The molecule has 2 aliphatic carbocycles. The van der Waals surface area contributed by atoms with Crippen LogP contribution in [0.3, 0.4) is 0 Å². The van der Waals surface area contributed by atoms with Crippen molar-refractivity contribution in [2.75, 3.05) is 4.90 Å². The number of hydrogen-bond acceptors (Lipinski definition) is 6. The van der Waals surface area contributed by atoms with Gasteiger partial charge < -0.3 is 9.63 Å². The molecule has 7 nitrogen and oxygen atoms in total. The number of aryl methyl sites for hydroxylation is 1. The predicted molar refractivity (Wildman–Crippen MR) is 124 cm³/mol. The first kappa shape index (κ1) is 21.9. The number of amides is 1. The van der Waals surface area contributed by atoms with Crippen LogP contribution in [0.15, 0.2) is 40.1 Å². The Bertz CT molecular complexity index is 1060. The fraction of sp³-hybridized carbons (Fsp3) is 0.538. The molecule has 174 valence electrons.